The van der Waals surface area contributed by atoms with E-state index < -0.39 is 11.9 Å². The standard InChI is InChI=1S/C18H15ClN2O5/c1-25-14-7-10(8-15(26-2)16(14)22)6-13-17(23)21(18(24)20-13)12-5-3-4-11(19)9-12/h3-9,22H,1-2H3,(H,20,24)/b13-6+. The van der Waals surface area contributed by atoms with Crippen molar-refractivity contribution in [2.24, 2.45) is 0 Å². The van der Waals surface area contributed by atoms with Crippen molar-refractivity contribution < 1.29 is 24.2 Å². The van der Waals surface area contributed by atoms with Crippen molar-refractivity contribution in [1.82, 2.24) is 5.32 Å². The Labute approximate surface area is 154 Å². The summed E-state index contributed by atoms with van der Waals surface area (Å²) >= 11 is 5.93. The molecular weight excluding hydrogens is 360 g/mol. The van der Waals surface area contributed by atoms with Crippen LogP contribution in [0.2, 0.25) is 5.02 Å². The zero-order chi connectivity index (χ0) is 18.8. The zero-order valence-electron chi connectivity index (χ0n) is 13.9. The topological polar surface area (TPSA) is 88.1 Å². The number of rotatable bonds is 4. The number of nitrogens with zero attached hydrogens (tertiary/aromatic N) is 1. The van der Waals surface area contributed by atoms with Crippen molar-refractivity contribution in [3.05, 3.63) is 52.7 Å². The SMILES string of the molecule is COc1cc(/C=C2/NC(=O)N(c3cccc(Cl)c3)C2=O)cc(OC)c1O. The van der Waals surface area contributed by atoms with E-state index in [1.807, 2.05) is 0 Å². The Hall–Kier alpha value is -3.19. The smallest absolute Gasteiger partial charge is 0.333 e. The van der Waals surface area contributed by atoms with Crippen LogP contribution in [0.4, 0.5) is 10.5 Å². The number of methoxy groups -OCH3 is 2. The molecule has 7 nitrogen and oxygen atoms in total. The minimum absolute atomic E-state index is 0.0739. The van der Waals surface area contributed by atoms with Crippen molar-refractivity contribution >= 4 is 35.3 Å². The van der Waals surface area contributed by atoms with Gasteiger partial charge >= 0.3 is 6.03 Å². The molecule has 0 aliphatic carbocycles. The number of phenolic OH excluding ortho intramolecular Hbond substituents is 1. The molecule has 134 valence electrons. The van der Waals surface area contributed by atoms with Crippen LogP contribution in [0.5, 0.6) is 17.2 Å². The largest absolute Gasteiger partial charge is 0.502 e. The van der Waals surface area contributed by atoms with Gasteiger partial charge in [-0.2, -0.15) is 0 Å². The fraction of sp³-hybridized carbons (Fsp3) is 0.111. The lowest BCUT2D eigenvalue weighted by atomic mass is 10.1. The molecule has 1 saturated heterocycles. The number of halogens is 1. The van der Waals surface area contributed by atoms with E-state index in [0.717, 1.165) is 4.90 Å². The highest BCUT2D eigenvalue weighted by molar-refractivity contribution is 6.32. The van der Waals surface area contributed by atoms with Gasteiger partial charge in [-0.15, -0.1) is 0 Å². The molecule has 0 saturated carbocycles. The number of ether oxygens (including phenoxy) is 2. The molecule has 0 unspecified atom stereocenters. The van der Waals surface area contributed by atoms with Crippen LogP contribution in [0.15, 0.2) is 42.1 Å². The minimum Gasteiger partial charge on any atom is -0.502 e. The number of benzene rings is 2. The van der Waals surface area contributed by atoms with Gasteiger partial charge < -0.3 is 19.9 Å². The number of hydrogen-bond acceptors (Lipinski definition) is 5. The van der Waals surface area contributed by atoms with Crippen LogP contribution in [0.3, 0.4) is 0 Å². The molecule has 3 rings (SSSR count). The maximum atomic E-state index is 12.6. The fourth-order valence-corrected chi connectivity index (χ4v) is 2.73. The number of anilines is 1. The van der Waals surface area contributed by atoms with Crippen LogP contribution >= 0.6 is 11.6 Å². The lowest BCUT2D eigenvalue weighted by Crippen LogP contribution is -2.30. The Morgan fingerprint density at radius 3 is 2.35 bits per heavy atom. The van der Waals surface area contributed by atoms with Gasteiger partial charge in [0.15, 0.2) is 11.5 Å². The van der Waals surface area contributed by atoms with Gasteiger partial charge in [-0.1, -0.05) is 17.7 Å². The average Bonchev–Trinajstić information content (AvgIpc) is 2.89. The van der Waals surface area contributed by atoms with E-state index in [1.54, 1.807) is 18.2 Å². The summed E-state index contributed by atoms with van der Waals surface area (Å²) in [5, 5.41) is 12.9. The molecule has 1 aliphatic rings. The number of aromatic hydroxyl groups is 1. The van der Waals surface area contributed by atoms with Crippen molar-refractivity contribution in [2.45, 2.75) is 0 Å². The molecule has 2 N–H and O–H groups in total. The van der Waals surface area contributed by atoms with Gasteiger partial charge in [-0.25, -0.2) is 9.69 Å². The molecular formula is C18H15ClN2O5. The second-order valence-electron chi connectivity index (χ2n) is 5.38. The Morgan fingerprint density at radius 1 is 1.12 bits per heavy atom. The minimum atomic E-state index is -0.582. The Morgan fingerprint density at radius 2 is 1.77 bits per heavy atom. The Kier molecular flexibility index (Phi) is 4.73. The summed E-state index contributed by atoms with van der Waals surface area (Å²) < 4.78 is 10.2. The highest BCUT2D eigenvalue weighted by Crippen LogP contribution is 2.38. The second kappa shape index (κ2) is 6.97. The molecule has 0 atom stereocenters. The number of imide groups is 1. The molecule has 0 radical (unpaired) electrons. The normalized spacial score (nSPS) is 15.3. The lowest BCUT2D eigenvalue weighted by Gasteiger charge is -2.11. The van der Waals surface area contributed by atoms with Gasteiger partial charge in [0.25, 0.3) is 5.91 Å². The lowest BCUT2D eigenvalue weighted by molar-refractivity contribution is -0.113. The summed E-state index contributed by atoms with van der Waals surface area (Å²) in [6.45, 7) is 0. The number of carbonyl (C=O) groups is 2. The zero-order valence-corrected chi connectivity index (χ0v) is 14.7. The van der Waals surface area contributed by atoms with Crippen LogP contribution in [-0.2, 0) is 4.79 Å². The monoisotopic (exact) mass is 374 g/mol. The predicted molar refractivity (Wildman–Crippen MR) is 96.7 cm³/mol. The maximum Gasteiger partial charge on any atom is 0.333 e. The highest BCUT2D eigenvalue weighted by atomic mass is 35.5. The van der Waals surface area contributed by atoms with Crippen LogP contribution in [-0.4, -0.2) is 31.3 Å². The number of hydrogen-bond donors (Lipinski definition) is 2. The van der Waals surface area contributed by atoms with E-state index >= 15 is 0 Å². The highest BCUT2D eigenvalue weighted by Gasteiger charge is 2.35. The summed E-state index contributed by atoms with van der Waals surface area (Å²) in [6.07, 6.45) is 1.47. The van der Waals surface area contributed by atoms with E-state index in [4.69, 9.17) is 21.1 Å². The van der Waals surface area contributed by atoms with Gasteiger partial charge in [0.2, 0.25) is 5.75 Å². The molecule has 26 heavy (non-hydrogen) atoms. The van der Waals surface area contributed by atoms with Crippen LogP contribution in [0, 0.1) is 0 Å². The maximum absolute atomic E-state index is 12.6. The number of urea groups is 1. The summed E-state index contributed by atoms with van der Waals surface area (Å²) in [5.74, 6) is -0.317. The number of nitrogens with one attached hydrogen (secondary N) is 1. The van der Waals surface area contributed by atoms with Gasteiger partial charge in [0.05, 0.1) is 19.9 Å². The third-order valence-electron chi connectivity index (χ3n) is 3.76. The molecule has 0 bridgehead atoms. The first kappa shape index (κ1) is 17.6. The van der Waals surface area contributed by atoms with E-state index in [2.05, 4.69) is 5.32 Å². The summed E-state index contributed by atoms with van der Waals surface area (Å²) in [5.41, 5.74) is 0.946. The predicted octanol–water partition coefficient (Wildman–Crippen LogP) is 3.16. The molecule has 1 fully saturated rings. The van der Waals surface area contributed by atoms with Crippen LogP contribution < -0.4 is 19.7 Å². The first-order chi connectivity index (χ1) is 12.4. The van der Waals surface area contributed by atoms with Crippen molar-refractivity contribution in [3.8, 4) is 17.2 Å². The first-order valence-corrected chi connectivity index (χ1v) is 7.90. The Bertz CT molecular complexity index is 901. The molecule has 1 heterocycles. The fourth-order valence-electron chi connectivity index (χ4n) is 2.55. The average molecular weight is 375 g/mol. The molecule has 3 amide bonds. The second-order valence-corrected chi connectivity index (χ2v) is 5.82. The van der Waals surface area contributed by atoms with Gasteiger partial charge in [-0.3, -0.25) is 4.79 Å². The van der Waals surface area contributed by atoms with Gasteiger partial charge in [0, 0.05) is 5.02 Å². The van der Waals surface area contributed by atoms with Gasteiger partial charge in [-0.05, 0) is 42.0 Å². The summed E-state index contributed by atoms with van der Waals surface area (Å²) in [6, 6.07) is 8.89. The number of amides is 3. The molecule has 2 aromatic carbocycles. The molecule has 8 heteroatoms. The molecule has 0 aromatic heterocycles. The molecule has 0 spiro atoms. The van der Waals surface area contributed by atoms with Crippen molar-refractivity contribution in [1.29, 1.82) is 0 Å². The van der Waals surface area contributed by atoms with E-state index in [0.29, 0.717) is 16.3 Å². The quantitative estimate of drug-likeness (QED) is 0.634. The Balaban J connectivity index is 1.98. The number of carbonyl (C=O) groups excluding carboxylic acids is 2. The van der Waals surface area contributed by atoms with E-state index in [1.165, 1.54) is 38.5 Å². The third kappa shape index (κ3) is 3.16. The van der Waals surface area contributed by atoms with E-state index in [-0.39, 0.29) is 22.9 Å². The number of phenols is 1. The molecule has 2 aromatic rings. The van der Waals surface area contributed by atoms with Crippen LogP contribution in [0.25, 0.3) is 6.08 Å². The van der Waals surface area contributed by atoms with Crippen molar-refractivity contribution in [3.63, 3.8) is 0 Å². The van der Waals surface area contributed by atoms with Crippen LogP contribution in [0.1, 0.15) is 5.56 Å². The van der Waals surface area contributed by atoms with Crippen molar-refractivity contribution in [2.75, 3.05) is 19.1 Å². The summed E-state index contributed by atoms with van der Waals surface area (Å²) in [4.78, 5) is 25.8. The third-order valence-corrected chi connectivity index (χ3v) is 3.99. The first-order valence-electron chi connectivity index (χ1n) is 7.52. The summed E-state index contributed by atoms with van der Waals surface area (Å²) in [7, 11) is 2.80. The van der Waals surface area contributed by atoms with Gasteiger partial charge in [0.1, 0.15) is 5.70 Å². The van der Waals surface area contributed by atoms with E-state index in [9.17, 15) is 14.7 Å². The molecule has 1 aliphatic heterocycles.